The number of fused-ring (bicyclic) bond motifs is 1. The summed E-state index contributed by atoms with van der Waals surface area (Å²) in [7, 11) is 0. The molecule has 3 fully saturated rings. The molecule has 2 aliphatic heterocycles. The van der Waals surface area contributed by atoms with Crippen molar-refractivity contribution in [2.75, 3.05) is 6.61 Å². The Hall–Kier alpha value is -0.630. The molecular weight excluding hydrogens is 373 g/mol. The summed E-state index contributed by atoms with van der Waals surface area (Å²) in [4.78, 5) is 0. The van der Waals surface area contributed by atoms with E-state index < -0.39 is 30.8 Å². The van der Waals surface area contributed by atoms with Crippen molar-refractivity contribution >= 4 is 0 Å². The van der Waals surface area contributed by atoms with Crippen LogP contribution < -0.4 is 0 Å². The molecule has 162 valence electrons. The fourth-order valence-corrected chi connectivity index (χ4v) is 4.74. The second-order valence-corrected chi connectivity index (χ2v) is 8.34. The maximum Gasteiger partial charge on any atom is 0.394 e. The van der Waals surface area contributed by atoms with E-state index in [9.17, 15) is 18.3 Å². The summed E-state index contributed by atoms with van der Waals surface area (Å²) in [6.07, 6.45) is 2.85. The van der Waals surface area contributed by atoms with E-state index in [1.165, 1.54) is 0 Å². The normalized spacial score (nSPS) is 36.0. The van der Waals surface area contributed by atoms with Crippen LogP contribution in [0.25, 0.3) is 0 Å². The van der Waals surface area contributed by atoms with E-state index >= 15 is 0 Å². The lowest BCUT2D eigenvalue weighted by molar-refractivity contribution is -0.241. The van der Waals surface area contributed by atoms with Gasteiger partial charge in [-0.3, -0.25) is 0 Å². The third kappa shape index (κ3) is 5.71. The van der Waals surface area contributed by atoms with Gasteiger partial charge in [0.05, 0.1) is 18.1 Å². The van der Waals surface area contributed by atoms with E-state index in [1.54, 1.807) is 6.08 Å². The van der Waals surface area contributed by atoms with Crippen LogP contribution >= 0.6 is 0 Å². The highest BCUT2D eigenvalue weighted by Gasteiger charge is 2.46. The lowest BCUT2D eigenvalue weighted by Crippen LogP contribution is -2.38. The van der Waals surface area contributed by atoms with Crippen molar-refractivity contribution in [1.82, 2.24) is 0 Å². The Morgan fingerprint density at radius 2 is 2.04 bits per heavy atom. The predicted molar refractivity (Wildman–Crippen MR) is 98.4 cm³/mol. The van der Waals surface area contributed by atoms with Gasteiger partial charge >= 0.3 is 6.18 Å². The molecule has 4 nitrogen and oxygen atoms in total. The summed E-state index contributed by atoms with van der Waals surface area (Å²) < 4.78 is 58.3. The van der Waals surface area contributed by atoms with Gasteiger partial charge in [0.15, 0.2) is 12.6 Å². The van der Waals surface area contributed by atoms with Crippen molar-refractivity contribution in [2.24, 2.45) is 17.8 Å². The molecule has 0 bridgehead atoms. The Morgan fingerprint density at radius 1 is 1.21 bits per heavy atom. The molecule has 7 unspecified atom stereocenters. The standard InChI is InChI=1S/C21H33F3O4/c1-2-3-6-16(21(22,23)24)18(28-20-7-4-5-12-26-20)11-9-14-8-10-17-15(14)13-19(25)27-17/h9,11,14-20,25H,2-8,10,12-13H2,1H3. The highest BCUT2D eigenvalue weighted by atomic mass is 19.4. The number of rotatable bonds is 8. The van der Waals surface area contributed by atoms with Gasteiger partial charge in [-0.25, -0.2) is 0 Å². The molecule has 28 heavy (non-hydrogen) atoms. The van der Waals surface area contributed by atoms with Gasteiger partial charge in [0.25, 0.3) is 0 Å². The van der Waals surface area contributed by atoms with Gasteiger partial charge in [0.1, 0.15) is 0 Å². The zero-order valence-corrected chi connectivity index (χ0v) is 16.6. The zero-order chi connectivity index (χ0) is 20.1. The average molecular weight is 406 g/mol. The Morgan fingerprint density at radius 3 is 2.71 bits per heavy atom. The van der Waals surface area contributed by atoms with Crippen LogP contribution in [0.15, 0.2) is 12.2 Å². The van der Waals surface area contributed by atoms with E-state index in [1.807, 2.05) is 13.0 Å². The van der Waals surface area contributed by atoms with Crippen molar-refractivity contribution < 1.29 is 32.5 Å². The number of unbranched alkanes of at least 4 members (excludes halogenated alkanes) is 1. The van der Waals surface area contributed by atoms with Crippen molar-refractivity contribution in [3.8, 4) is 0 Å². The molecule has 0 aromatic rings. The third-order valence-corrected chi connectivity index (χ3v) is 6.30. The van der Waals surface area contributed by atoms with E-state index in [2.05, 4.69) is 0 Å². The Kier molecular flexibility index (Phi) is 7.81. The second kappa shape index (κ2) is 9.92. The Bertz CT molecular complexity index is 504. The van der Waals surface area contributed by atoms with Crippen molar-refractivity contribution in [2.45, 2.75) is 95.7 Å². The molecule has 3 aliphatic rings. The first kappa shape index (κ1) is 22.1. The third-order valence-electron chi connectivity index (χ3n) is 6.30. The highest BCUT2D eigenvalue weighted by molar-refractivity contribution is 5.04. The quantitative estimate of drug-likeness (QED) is 0.579. The molecule has 0 aromatic heterocycles. The molecule has 2 saturated heterocycles. The van der Waals surface area contributed by atoms with E-state index in [0.29, 0.717) is 32.3 Å². The zero-order valence-electron chi connectivity index (χ0n) is 16.6. The van der Waals surface area contributed by atoms with Gasteiger partial charge in [0.2, 0.25) is 0 Å². The number of halogens is 3. The van der Waals surface area contributed by atoms with Gasteiger partial charge in [-0.15, -0.1) is 0 Å². The summed E-state index contributed by atoms with van der Waals surface area (Å²) >= 11 is 0. The number of aliphatic hydroxyl groups excluding tert-OH is 1. The number of hydrogen-bond acceptors (Lipinski definition) is 4. The van der Waals surface area contributed by atoms with E-state index in [0.717, 1.165) is 25.7 Å². The summed E-state index contributed by atoms with van der Waals surface area (Å²) in [5, 5.41) is 9.70. The molecule has 0 amide bonds. The number of hydrogen-bond donors (Lipinski definition) is 1. The minimum absolute atomic E-state index is 0.0178. The van der Waals surface area contributed by atoms with Crippen LogP contribution in [-0.4, -0.2) is 42.7 Å². The van der Waals surface area contributed by atoms with Crippen LogP contribution in [0.5, 0.6) is 0 Å². The lowest BCUT2D eigenvalue weighted by atomic mass is 9.90. The van der Waals surface area contributed by atoms with Crippen molar-refractivity contribution in [1.29, 1.82) is 0 Å². The molecule has 2 heterocycles. The topological polar surface area (TPSA) is 47.9 Å². The monoisotopic (exact) mass is 406 g/mol. The van der Waals surface area contributed by atoms with Gasteiger partial charge < -0.3 is 19.3 Å². The molecule has 0 radical (unpaired) electrons. The van der Waals surface area contributed by atoms with Crippen LogP contribution in [0.1, 0.15) is 64.7 Å². The molecule has 3 rings (SSSR count). The summed E-state index contributed by atoms with van der Waals surface area (Å²) in [6.45, 7) is 2.43. The van der Waals surface area contributed by atoms with Gasteiger partial charge in [-0.2, -0.15) is 13.2 Å². The SMILES string of the molecule is CCCCC(C(C=CC1CCC2OC(O)CC12)OC1CCCCO1)C(F)(F)F. The first-order valence-corrected chi connectivity index (χ1v) is 10.7. The van der Waals surface area contributed by atoms with Gasteiger partial charge in [-0.1, -0.05) is 31.9 Å². The summed E-state index contributed by atoms with van der Waals surface area (Å²) in [5.41, 5.74) is 0. The van der Waals surface area contributed by atoms with Crippen LogP contribution in [0.3, 0.4) is 0 Å². The molecule has 1 saturated carbocycles. The molecule has 1 aliphatic carbocycles. The lowest BCUT2D eigenvalue weighted by Gasteiger charge is -2.32. The average Bonchev–Trinajstić information content (AvgIpc) is 3.18. The van der Waals surface area contributed by atoms with Crippen LogP contribution in [0.4, 0.5) is 13.2 Å². The molecule has 7 heteroatoms. The van der Waals surface area contributed by atoms with Crippen LogP contribution in [-0.2, 0) is 14.2 Å². The largest absolute Gasteiger partial charge is 0.394 e. The maximum absolute atomic E-state index is 13.8. The maximum atomic E-state index is 13.8. The Labute approximate surface area is 165 Å². The second-order valence-electron chi connectivity index (χ2n) is 8.34. The predicted octanol–water partition coefficient (Wildman–Crippen LogP) is 4.96. The fourth-order valence-electron chi connectivity index (χ4n) is 4.74. The fraction of sp³-hybridized carbons (Fsp3) is 0.905. The number of ether oxygens (including phenoxy) is 3. The van der Waals surface area contributed by atoms with Crippen molar-refractivity contribution in [3.63, 3.8) is 0 Å². The molecule has 7 atom stereocenters. The first-order chi connectivity index (χ1) is 13.4. The summed E-state index contributed by atoms with van der Waals surface area (Å²) in [6, 6.07) is 0. The van der Waals surface area contributed by atoms with Crippen LogP contribution in [0.2, 0.25) is 0 Å². The molecular formula is C21H33F3O4. The minimum atomic E-state index is -4.32. The Balaban J connectivity index is 1.72. The minimum Gasteiger partial charge on any atom is -0.368 e. The molecule has 0 aromatic carbocycles. The molecule has 1 N–H and O–H groups in total. The molecule has 0 spiro atoms. The highest BCUT2D eigenvalue weighted by Crippen LogP contribution is 2.44. The summed E-state index contributed by atoms with van der Waals surface area (Å²) in [5.74, 6) is -1.23. The number of alkyl halides is 3. The first-order valence-electron chi connectivity index (χ1n) is 10.7. The van der Waals surface area contributed by atoms with Crippen molar-refractivity contribution in [3.05, 3.63) is 12.2 Å². The van der Waals surface area contributed by atoms with Crippen LogP contribution in [0, 0.1) is 17.8 Å². The smallest absolute Gasteiger partial charge is 0.368 e. The van der Waals surface area contributed by atoms with Gasteiger partial charge in [-0.05, 0) is 50.4 Å². The van der Waals surface area contributed by atoms with E-state index in [-0.39, 0.29) is 24.4 Å². The number of allylic oxidation sites excluding steroid dienone is 1. The van der Waals surface area contributed by atoms with Gasteiger partial charge in [0, 0.05) is 13.0 Å². The number of aliphatic hydroxyl groups is 1. The van der Waals surface area contributed by atoms with E-state index in [4.69, 9.17) is 14.2 Å².